The topological polar surface area (TPSA) is 58.7 Å². The first-order valence-electron chi connectivity index (χ1n) is 6.10. The molecule has 0 spiro atoms. The van der Waals surface area contributed by atoms with E-state index in [1.165, 1.54) is 0 Å². The summed E-state index contributed by atoms with van der Waals surface area (Å²) in [5, 5.41) is 1.64. The Morgan fingerprint density at radius 2 is 2.17 bits per heavy atom. The van der Waals surface area contributed by atoms with Crippen LogP contribution in [0, 0.1) is 0 Å². The van der Waals surface area contributed by atoms with Crippen LogP contribution in [-0.4, -0.2) is 29.7 Å². The van der Waals surface area contributed by atoms with Gasteiger partial charge in [-0.05, 0) is 40.4 Å². The third kappa shape index (κ3) is 1.78. The number of hydrogen-bond acceptors (Lipinski definition) is 4. The maximum atomic E-state index is 12.0. The number of Topliss-reactive ketones (excluding diaryl/α,β-unsaturated/α-hetero) is 1. The van der Waals surface area contributed by atoms with Gasteiger partial charge in [0, 0.05) is 22.0 Å². The van der Waals surface area contributed by atoms with Gasteiger partial charge in [-0.2, -0.15) is 0 Å². The molecule has 0 atom stereocenters. The Hall–Kier alpha value is -1.20. The molecular weight excluding hydrogens is 294 g/mol. The molecule has 0 aromatic heterocycles. The van der Waals surface area contributed by atoms with Crippen LogP contribution in [0.5, 0.6) is 0 Å². The van der Waals surface area contributed by atoms with E-state index in [2.05, 4.69) is 20.9 Å². The largest absolute Gasteiger partial charge is 0.294 e. The first-order chi connectivity index (χ1) is 8.68. The van der Waals surface area contributed by atoms with Gasteiger partial charge in [0.1, 0.15) is 5.84 Å². The summed E-state index contributed by atoms with van der Waals surface area (Å²) in [4.78, 5) is 16.4. The van der Waals surface area contributed by atoms with Crippen molar-refractivity contribution in [2.75, 3.05) is 13.1 Å². The van der Waals surface area contributed by atoms with E-state index in [4.69, 9.17) is 5.84 Å². The number of fused-ring (bicyclic) bond motifs is 1. The zero-order chi connectivity index (χ0) is 12.7. The fourth-order valence-electron chi connectivity index (χ4n) is 2.56. The van der Waals surface area contributed by atoms with Crippen LogP contribution in [-0.2, 0) is 6.42 Å². The van der Waals surface area contributed by atoms with Crippen molar-refractivity contribution < 1.29 is 4.79 Å². The van der Waals surface area contributed by atoms with Crippen LogP contribution < -0.4 is 5.84 Å². The Labute approximate surface area is 114 Å². The number of rotatable bonds is 1. The number of hydrazine groups is 1. The second kappa shape index (κ2) is 4.48. The Bertz CT molecular complexity index is 553. The minimum atomic E-state index is 0.215. The number of amidine groups is 1. The molecule has 1 aromatic rings. The summed E-state index contributed by atoms with van der Waals surface area (Å²) in [6.07, 6.45) is 2.55. The van der Waals surface area contributed by atoms with Crippen molar-refractivity contribution in [1.82, 2.24) is 5.01 Å². The van der Waals surface area contributed by atoms with Crippen LogP contribution in [0.4, 0.5) is 0 Å². The normalized spacial score (nSPS) is 18.9. The number of halogens is 1. The van der Waals surface area contributed by atoms with Gasteiger partial charge in [-0.25, -0.2) is 5.84 Å². The van der Waals surface area contributed by atoms with Gasteiger partial charge in [0.05, 0.1) is 13.1 Å². The van der Waals surface area contributed by atoms with Crippen molar-refractivity contribution in [2.24, 2.45) is 10.8 Å². The lowest BCUT2D eigenvalue weighted by Crippen LogP contribution is -2.35. The molecule has 94 valence electrons. The number of carbonyl (C=O) groups is 1. The van der Waals surface area contributed by atoms with Crippen LogP contribution in [0.15, 0.2) is 21.6 Å². The predicted molar refractivity (Wildman–Crippen MR) is 73.7 cm³/mol. The summed E-state index contributed by atoms with van der Waals surface area (Å²) >= 11 is 3.56. The average Bonchev–Trinajstić information content (AvgIpc) is 2.76. The molecule has 1 heterocycles. The quantitative estimate of drug-likeness (QED) is 0.806. The van der Waals surface area contributed by atoms with Gasteiger partial charge in [-0.3, -0.25) is 14.8 Å². The minimum absolute atomic E-state index is 0.215. The van der Waals surface area contributed by atoms with Crippen molar-refractivity contribution in [3.05, 3.63) is 33.3 Å². The van der Waals surface area contributed by atoms with E-state index in [-0.39, 0.29) is 5.78 Å². The summed E-state index contributed by atoms with van der Waals surface area (Å²) in [7, 11) is 0. The van der Waals surface area contributed by atoms with Gasteiger partial charge >= 0.3 is 0 Å². The molecule has 18 heavy (non-hydrogen) atoms. The first-order valence-corrected chi connectivity index (χ1v) is 6.89. The standard InChI is InChI=1S/C13H14BrN3O/c14-12-9(13-16-6-7-17(13)15)5-4-8-2-1-3-10(18)11(8)12/h4-5H,1-3,6-7,15H2. The Morgan fingerprint density at radius 1 is 1.33 bits per heavy atom. The molecule has 0 amide bonds. The lowest BCUT2D eigenvalue weighted by atomic mass is 9.89. The van der Waals surface area contributed by atoms with Gasteiger partial charge in [0.15, 0.2) is 5.78 Å². The number of hydrogen-bond donors (Lipinski definition) is 1. The molecule has 0 saturated carbocycles. The average molecular weight is 308 g/mol. The fraction of sp³-hybridized carbons (Fsp3) is 0.385. The molecule has 1 aromatic carbocycles. The monoisotopic (exact) mass is 307 g/mol. The highest BCUT2D eigenvalue weighted by Crippen LogP contribution is 2.32. The van der Waals surface area contributed by atoms with Crippen molar-refractivity contribution >= 4 is 27.5 Å². The number of nitrogens with two attached hydrogens (primary N) is 1. The van der Waals surface area contributed by atoms with Crippen molar-refractivity contribution in [3.63, 3.8) is 0 Å². The van der Waals surface area contributed by atoms with Gasteiger partial charge in [-0.1, -0.05) is 6.07 Å². The molecule has 5 heteroatoms. The molecular formula is C13H14BrN3O. The van der Waals surface area contributed by atoms with E-state index < -0.39 is 0 Å². The number of ketones is 1. The van der Waals surface area contributed by atoms with Crippen LogP contribution in [0.2, 0.25) is 0 Å². The fourth-order valence-corrected chi connectivity index (χ4v) is 3.35. The molecule has 0 bridgehead atoms. The number of nitrogens with zero attached hydrogens (tertiary/aromatic N) is 2. The molecule has 2 aliphatic rings. The van der Waals surface area contributed by atoms with Crippen molar-refractivity contribution in [1.29, 1.82) is 0 Å². The van der Waals surface area contributed by atoms with E-state index in [9.17, 15) is 4.79 Å². The molecule has 3 rings (SSSR count). The van der Waals surface area contributed by atoms with E-state index in [1.54, 1.807) is 5.01 Å². The minimum Gasteiger partial charge on any atom is -0.294 e. The summed E-state index contributed by atoms with van der Waals surface area (Å²) in [5.41, 5.74) is 2.87. The van der Waals surface area contributed by atoms with Gasteiger partial charge in [0.2, 0.25) is 0 Å². The third-order valence-electron chi connectivity index (χ3n) is 3.47. The number of benzene rings is 1. The summed E-state index contributed by atoms with van der Waals surface area (Å²) < 4.78 is 0.848. The zero-order valence-electron chi connectivity index (χ0n) is 9.95. The molecule has 0 radical (unpaired) electrons. The lowest BCUT2D eigenvalue weighted by molar-refractivity contribution is 0.0971. The molecule has 2 N–H and O–H groups in total. The Morgan fingerprint density at radius 3 is 2.89 bits per heavy atom. The second-order valence-electron chi connectivity index (χ2n) is 4.64. The zero-order valence-corrected chi connectivity index (χ0v) is 11.5. The maximum Gasteiger partial charge on any atom is 0.164 e. The molecule has 0 unspecified atom stereocenters. The molecule has 1 aliphatic carbocycles. The predicted octanol–water partition coefficient (Wildman–Crippen LogP) is 1.90. The Balaban J connectivity index is 2.13. The summed E-state index contributed by atoms with van der Waals surface area (Å²) in [5.74, 6) is 6.87. The highest BCUT2D eigenvalue weighted by molar-refractivity contribution is 9.10. The van der Waals surface area contributed by atoms with E-state index in [0.717, 1.165) is 46.4 Å². The second-order valence-corrected chi connectivity index (χ2v) is 5.43. The third-order valence-corrected chi connectivity index (χ3v) is 4.30. The number of carbonyl (C=O) groups excluding carboxylic acids is 1. The Kier molecular flexibility index (Phi) is 2.95. The van der Waals surface area contributed by atoms with Gasteiger partial charge < -0.3 is 0 Å². The van der Waals surface area contributed by atoms with Crippen LogP contribution in [0.3, 0.4) is 0 Å². The summed E-state index contributed by atoms with van der Waals surface area (Å²) in [6.45, 7) is 1.44. The van der Waals surface area contributed by atoms with Crippen LogP contribution in [0.25, 0.3) is 0 Å². The van der Waals surface area contributed by atoms with Gasteiger partial charge in [-0.15, -0.1) is 0 Å². The molecule has 0 fully saturated rings. The summed E-state index contributed by atoms with van der Waals surface area (Å²) in [6, 6.07) is 4.03. The molecule has 4 nitrogen and oxygen atoms in total. The van der Waals surface area contributed by atoms with E-state index >= 15 is 0 Å². The van der Waals surface area contributed by atoms with Crippen LogP contribution in [0.1, 0.15) is 34.3 Å². The first kappa shape index (κ1) is 11.9. The lowest BCUT2D eigenvalue weighted by Gasteiger charge is -2.20. The number of aryl methyl sites for hydroxylation is 1. The van der Waals surface area contributed by atoms with Crippen LogP contribution >= 0.6 is 15.9 Å². The van der Waals surface area contributed by atoms with Crippen molar-refractivity contribution in [3.8, 4) is 0 Å². The SMILES string of the molecule is NN1CCN=C1c1ccc2c(c1Br)C(=O)CCC2. The van der Waals surface area contributed by atoms with Gasteiger partial charge in [0.25, 0.3) is 0 Å². The highest BCUT2D eigenvalue weighted by Gasteiger charge is 2.25. The molecule has 0 saturated heterocycles. The van der Waals surface area contributed by atoms with E-state index in [0.29, 0.717) is 13.0 Å². The van der Waals surface area contributed by atoms with E-state index in [1.807, 2.05) is 12.1 Å². The highest BCUT2D eigenvalue weighted by atomic mass is 79.9. The van der Waals surface area contributed by atoms with Crippen molar-refractivity contribution in [2.45, 2.75) is 19.3 Å². The number of aliphatic imine (C=N–C) groups is 1. The molecule has 1 aliphatic heterocycles. The maximum absolute atomic E-state index is 12.0. The smallest absolute Gasteiger partial charge is 0.164 e.